The van der Waals surface area contributed by atoms with Gasteiger partial charge in [0.25, 0.3) is 11.5 Å². The predicted octanol–water partition coefficient (Wildman–Crippen LogP) is 2.08. The van der Waals surface area contributed by atoms with Crippen molar-refractivity contribution in [3.8, 4) is 5.69 Å². The van der Waals surface area contributed by atoms with Crippen LogP contribution in [0.4, 0.5) is 4.39 Å². The largest absolute Gasteiger partial charge is 0.383 e. The van der Waals surface area contributed by atoms with Crippen LogP contribution in [-0.2, 0) is 11.3 Å². The lowest BCUT2D eigenvalue weighted by atomic mass is 10.0. The van der Waals surface area contributed by atoms with Gasteiger partial charge in [-0.2, -0.15) is 9.78 Å². The fraction of sp³-hybridized carbons (Fsp3) is 0.304. The predicted molar refractivity (Wildman–Crippen MR) is 118 cm³/mol. The summed E-state index contributed by atoms with van der Waals surface area (Å²) < 4.78 is 20.9. The summed E-state index contributed by atoms with van der Waals surface area (Å²) in [6.45, 7) is 4.14. The Morgan fingerprint density at radius 1 is 1.12 bits per heavy atom. The van der Waals surface area contributed by atoms with Crippen molar-refractivity contribution in [1.82, 2.24) is 19.7 Å². The van der Waals surface area contributed by atoms with Gasteiger partial charge < -0.3 is 10.1 Å². The van der Waals surface area contributed by atoms with Gasteiger partial charge in [0, 0.05) is 19.2 Å². The molecule has 3 aromatic rings. The van der Waals surface area contributed by atoms with Gasteiger partial charge in [-0.3, -0.25) is 14.2 Å². The van der Waals surface area contributed by atoms with Crippen LogP contribution in [0.3, 0.4) is 0 Å². The van der Waals surface area contributed by atoms with E-state index in [2.05, 4.69) is 10.4 Å². The Morgan fingerprint density at radius 3 is 2.44 bits per heavy atom. The van der Waals surface area contributed by atoms with Crippen molar-refractivity contribution in [2.24, 2.45) is 0 Å². The van der Waals surface area contributed by atoms with Gasteiger partial charge in [-0.1, -0.05) is 44.2 Å². The molecule has 0 unspecified atom stereocenters. The molecule has 9 heteroatoms. The van der Waals surface area contributed by atoms with E-state index in [0.717, 1.165) is 14.8 Å². The summed E-state index contributed by atoms with van der Waals surface area (Å²) in [7, 11) is 1.48. The van der Waals surface area contributed by atoms with Crippen LogP contribution in [0.25, 0.3) is 5.69 Å². The molecule has 32 heavy (non-hydrogen) atoms. The minimum atomic E-state index is -0.900. The van der Waals surface area contributed by atoms with E-state index in [0.29, 0.717) is 5.69 Å². The number of carbonyl (C=O) groups is 1. The topological polar surface area (TPSA) is 95.2 Å². The van der Waals surface area contributed by atoms with Crippen LogP contribution < -0.4 is 16.6 Å². The summed E-state index contributed by atoms with van der Waals surface area (Å²) in [5.41, 5.74) is -0.561. The monoisotopic (exact) mass is 440 g/mol. The lowest BCUT2D eigenvalue weighted by Gasteiger charge is -2.13. The maximum atomic E-state index is 14.2. The van der Waals surface area contributed by atoms with Crippen LogP contribution >= 0.6 is 0 Å². The molecule has 0 saturated heterocycles. The van der Waals surface area contributed by atoms with Gasteiger partial charge in [-0.25, -0.2) is 9.18 Å². The molecule has 3 rings (SSSR count). The van der Waals surface area contributed by atoms with Crippen LogP contribution in [0.2, 0.25) is 0 Å². The second-order valence-corrected chi connectivity index (χ2v) is 7.52. The van der Waals surface area contributed by atoms with Crippen molar-refractivity contribution >= 4 is 5.91 Å². The maximum absolute atomic E-state index is 14.2. The van der Waals surface area contributed by atoms with E-state index in [1.165, 1.54) is 25.3 Å². The van der Waals surface area contributed by atoms with Gasteiger partial charge in [-0.05, 0) is 29.7 Å². The van der Waals surface area contributed by atoms with Crippen LogP contribution in [0.15, 0.2) is 58.1 Å². The lowest BCUT2D eigenvalue weighted by molar-refractivity contribution is 0.0927. The summed E-state index contributed by atoms with van der Waals surface area (Å²) in [5.74, 6) is -1.03. The fourth-order valence-corrected chi connectivity index (χ4v) is 3.11. The van der Waals surface area contributed by atoms with Crippen molar-refractivity contribution in [2.45, 2.75) is 26.3 Å². The molecule has 0 radical (unpaired) electrons. The average molecular weight is 440 g/mol. The Labute approximate surface area is 184 Å². The normalized spacial score (nSPS) is 11.0. The van der Waals surface area contributed by atoms with Crippen molar-refractivity contribution < 1.29 is 13.9 Å². The molecule has 1 heterocycles. The minimum Gasteiger partial charge on any atom is -0.383 e. The number of halogens is 1. The molecule has 168 valence electrons. The van der Waals surface area contributed by atoms with E-state index in [4.69, 9.17) is 4.74 Å². The standard InChI is InChI=1S/C23H25FN4O4/c1-15(2)16-8-10-18(11-9-16)28-23(31)27(14-17-6-4-5-7-19(17)24)22(30)20(26-28)21(29)25-12-13-32-3/h4-11,15H,12-14H2,1-3H3,(H,25,29). The number of hydrogen-bond acceptors (Lipinski definition) is 5. The molecule has 0 spiro atoms. The Balaban J connectivity index is 2.14. The Bertz CT molecular complexity index is 1220. The van der Waals surface area contributed by atoms with Crippen LogP contribution in [-0.4, -0.2) is 40.5 Å². The third kappa shape index (κ3) is 5.00. The zero-order valence-corrected chi connectivity index (χ0v) is 18.2. The molecule has 0 aliphatic carbocycles. The fourth-order valence-electron chi connectivity index (χ4n) is 3.11. The Morgan fingerprint density at radius 2 is 1.81 bits per heavy atom. The summed E-state index contributed by atoms with van der Waals surface area (Å²) in [6.07, 6.45) is 0. The van der Waals surface area contributed by atoms with Gasteiger partial charge in [0.15, 0.2) is 0 Å². The second-order valence-electron chi connectivity index (χ2n) is 7.52. The third-order valence-corrected chi connectivity index (χ3v) is 4.96. The maximum Gasteiger partial charge on any atom is 0.352 e. The highest BCUT2D eigenvalue weighted by Gasteiger charge is 2.21. The number of amides is 1. The molecule has 2 aromatic carbocycles. The number of carbonyl (C=O) groups excluding carboxylic acids is 1. The smallest absolute Gasteiger partial charge is 0.352 e. The molecule has 0 fully saturated rings. The zero-order chi connectivity index (χ0) is 23.3. The molecule has 0 saturated carbocycles. The van der Waals surface area contributed by atoms with E-state index < -0.39 is 28.7 Å². The van der Waals surface area contributed by atoms with E-state index >= 15 is 0 Å². The summed E-state index contributed by atoms with van der Waals surface area (Å²) in [5, 5.41) is 6.58. The highest BCUT2D eigenvalue weighted by Crippen LogP contribution is 2.15. The van der Waals surface area contributed by atoms with Gasteiger partial charge >= 0.3 is 5.69 Å². The van der Waals surface area contributed by atoms with Crippen molar-refractivity contribution in [3.63, 3.8) is 0 Å². The Kier molecular flexibility index (Phi) is 7.32. The van der Waals surface area contributed by atoms with E-state index in [1.807, 2.05) is 26.0 Å². The SMILES string of the molecule is COCCNC(=O)c1nn(-c2ccc(C(C)C)cc2)c(=O)n(Cc2ccccc2F)c1=O. The molecule has 0 bridgehead atoms. The average Bonchev–Trinajstić information content (AvgIpc) is 2.78. The number of nitrogens with zero attached hydrogens (tertiary/aromatic N) is 3. The summed E-state index contributed by atoms with van der Waals surface area (Å²) in [4.78, 5) is 38.7. The number of aromatic nitrogens is 3. The third-order valence-electron chi connectivity index (χ3n) is 4.96. The zero-order valence-electron chi connectivity index (χ0n) is 18.2. The number of hydrogen-bond donors (Lipinski definition) is 1. The first kappa shape index (κ1) is 23.1. The molecular formula is C23H25FN4O4. The van der Waals surface area contributed by atoms with Crippen molar-refractivity contribution in [1.29, 1.82) is 0 Å². The first-order chi connectivity index (χ1) is 15.3. The Hall–Kier alpha value is -3.59. The van der Waals surface area contributed by atoms with Crippen LogP contribution in [0.5, 0.6) is 0 Å². The van der Waals surface area contributed by atoms with Crippen LogP contribution in [0, 0.1) is 5.82 Å². The summed E-state index contributed by atoms with van der Waals surface area (Å²) in [6, 6.07) is 12.9. The number of rotatable bonds is 8. The van der Waals surface area contributed by atoms with Crippen molar-refractivity contribution in [3.05, 3.63) is 92.0 Å². The first-order valence-corrected chi connectivity index (χ1v) is 10.2. The first-order valence-electron chi connectivity index (χ1n) is 10.2. The van der Waals surface area contributed by atoms with E-state index in [-0.39, 0.29) is 31.2 Å². The molecular weight excluding hydrogens is 415 g/mol. The molecule has 0 aliphatic heterocycles. The van der Waals surface area contributed by atoms with Gasteiger partial charge in [0.1, 0.15) is 5.82 Å². The van der Waals surface area contributed by atoms with Gasteiger partial charge in [-0.15, -0.1) is 0 Å². The molecule has 0 aliphatic rings. The molecule has 8 nitrogen and oxygen atoms in total. The number of nitrogens with one attached hydrogen (secondary N) is 1. The highest BCUT2D eigenvalue weighted by atomic mass is 19.1. The van der Waals surface area contributed by atoms with Gasteiger partial charge in [0.2, 0.25) is 5.69 Å². The molecule has 0 atom stereocenters. The summed E-state index contributed by atoms with van der Waals surface area (Å²) >= 11 is 0. The second kappa shape index (κ2) is 10.1. The lowest BCUT2D eigenvalue weighted by Crippen LogP contribution is -2.46. The minimum absolute atomic E-state index is 0.144. The quantitative estimate of drug-likeness (QED) is 0.541. The molecule has 1 amide bonds. The number of benzene rings is 2. The van der Waals surface area contributed by atoms with Gasteiger partial charge in [0.05, 0.1) is 18.8 Å². The molecule has 1 aromatic heterocycles. The highest BCUT2D eigenvalue weighted by molar-refractivity contribution is 5.91. The van der Waals surface area contributed by atoms with E-state index in [1.54, 1.807) is 18.2 Å². The van der Waals surface area contributed by atoms with Crippen LogP contribution in [0.1, 0.15) is 41.4 Å². The number of methoxy groups -OCH3 is 1. The number of ether oxygens (including phenoxy) is 1. The molecule has 1 N–H and O–H groups in total. The van der Waals surface area contributed by atoms with Crippen molar-refractivity contribution in [2.75, 3.05) is 20.3 Å². The van der Waals surface area contributed by atoms with E-state index in [9.17, 15) is 18.8 Å².